The molecule has 10 heteroatoms. The number of halogens is 3. The molecule has 0 bridgehead atoms. The number of aryl methyl sites for hydroxylation is 1. The molecule has 0 unspecified atom stereocenters. The van der Waals surface area contributed by atoms with Gasteiger partial charge in [0.05, 0.1) is 16.2 Å². The number of carboxylic acid groups (broad SMARTS) is 1. The minimum atomic E-state index is -4.05. The van der Waals surface area contributed by atoms with E-state index in [9.17, 15) is 26.4 Å². The Morgan fingerprint density at radius 3 is 2.55 bits per heavy atom. The van der Waals surface area contributed by atoms with Gasteiger partial charge in [-0.2, -0.15) is 4.31 Å². The Balaban J connectivity index is 1.80. The lowest BCUT2D eigenvalue weighted by atomic mass is 10.0. The van der Waals surface area contributed by atoms with Gasteiger partial charge in [-0.15, -0.1) is 0 Å². The molecule has 6 nitrogen and oxygen atoms in total. The Morgan fingerprint density at radius 2 is 1.94 bits per heavy atom. The zero-order valence-corrected chi connectivity index (χ0v) is 17.1. The van der Waals surface area contributed by atoms with Gasteiger partial charge in [0.25, 0.3) is 0 Å². The zero-order valence-electron chi connectivity index (χ0n) is 16.3. The quantitative estimate of drug-likeness (QED) is 0.651. The Kier molecular flexibility index (Phi) is 5.22. The van der Waals surface area contributed by atoms with Crippen LogP contribution in [0, 0.1) is 18.6 Å². The summed E-state index contributed by atoms with van der Waals surface area (Å²) in [5.41, 5.74) is -0.294. The SMILES string of the molecule is Cc1cc(-c2ccc(S(=O)(=O)N3CC[C@H](F)C3)cc2F)nc2c(F)c(C(=O)O)ccc12. The van der Waals surface area contributed by atoms with Crippen LogP contribution in [0.25, 0.3) is 22.2 Å². The Hall–Kier alpha value is -2.98. The van der Waals surface area contributed by atoms with Gasteiger partial charge in [0.2, 0.25) is 10.0 Å². The van der Waals surface area contributed by atoms with Crippen LogP contribution in [0.15, 0.2) is 41.3 Å². The van der Waals surface area contributed by atoms with Crippen LogP contribution < -0.4 is 0 Å². The maximum Gasteiger partial charge on any atom is 0.338 e. The molecule has 0 radical (unpaired) electrons. The van der Waals surface area contributed by atoms with Crippen molar-refractivity contribution in [3.8, 4) is 11.3 Å². The molecule has 2 heterocycles. The summed E-state index contributed by atoms with van der Waals surface area (Å²) in [5, 5.41) is 9.50. The second kappa shape index (κ2) is 7.61. The molecule has 1 atom stereocenters. The van der Waals surface area contributed by atoms with Crippen molar-refractivity contribution in [3.05, 3.63) is 59.2 Å². The van der Waals surface area contributed by atoms with Crippen molar-refractivity contribution < 1.29 is 31.5 Å². The molecule has 4 rings (SSSR count). The van der Waals surface area contributed by atoms with E-state index in [1.165, 1.54) is 24.3 Å². The number of nitrogens with zero attached hydrogens (tertiary/aromatic N) is 2. The highest BCUT2D eigenvalue weighted by Crippen LogP contribution is 2.31. The van der Waals surface area contributed by atoms with E-state index in [0.717, 1.165) is 16.4 Å². The van der Waals surface area contributed by atoms with Gasteiger partial charge >= 0.3 is 5.97 Å². The number of fused-ring (bicyclic) bond motifs is 1. The number of rotatable bonds is 4. The number of hydrogen-bond acceptors (Lipinski definition) is 4. The number of aromatic nitrogens is 1. The van der Waals surface area contributed by atoms with E-state index < -0.39 is 39.4 Å². The van der Waals surface area contributed by atoms with Crippen molar-refractivity contribution in [2.45, 2.75) is 24.4 Å². The largest absolute Gasteiger partial charge is 0.478 e. The second-order valence-corrected chi connectivity index (χ2v) is 9.28. The van der Waals surface area contributed by atoms with E-state index in [2.05, 4.69) is 4.98 Å². The van der Waals surface area contributed by atoms with E-state index in [1.54, 1.807) is 6.92 Å². The van der Waals surface area contributed by atoms with E-state index in [1.807, 2.05) is 0 Å². The fraction of sp³-hybridized carbons (Fsp3) is 0.238. The Labute approximate surface area is 176 Å². The van der Waals surface area contributed by atoms with Crippen LogP contribution in [-0.4, -0.2) is 48.0 Å². The van der Waals surface area contributed by atoms with Crippen molar-refractivity contribution in [2.75, 3.05) is 13.1 Å². The molecule has 162 valence electrons. The number of sulfonamides is 1. The van der Waals surface area contributed by atoms with Gasteiger partial charge in [-0.3, -0.25) is 0 Å². The number of aromatic carboxylic acids is 1. The number of benzene rings is 2. The highest BCUT2D eigenvalue weighted by atomic mass is 32.2. The third kappa shape index (κ3) is 3.66. The number of pyridine rings is 1. The predicted molar refractivity (Wildman–Crippen MR) is 107 cm³/mol. The first kappa shape index (κ1) is 21.3. The maximum atomic E-state index is 14.9. The molecular weight excluding hydrogens is 433 g/mol. The molecule has 1 fully saturated rings. The van der Waals surface area contributed by atoms with Crippen molar-refractivity contribution >= 4 is 26.9 Å². The Bertz CT molecular complexity index is 1330. The van der Waals surface area contributed by atoms with E-state index >= 15 is 0 Å². The number of hydrogen-bond donors (Lipinski definition) is 1. The highest BCUT2D eigenvalue weighted by Gasteiger charge is 2.33. The number of carbonyl (C=O) groups is 1. The van der Waals surface area contributed by atoms with Crippen LogP contribution >= 0.6 is 0 Å². The molecule has 1 aromatic heterocycles. The zero-order chi connectivity index (χ0) is 22.5. The monoisotopic (exact) mass is 450 g/mol. The van der Waals surface area contributed by atoms with E-state index in [0.29, 0.717) is 10.9 Å². The number of alkyl halides is 1. The summed E-state index contributed by atoms with van der Waals surface area (Å²) in [6.45, 7) is 1.39. The predicted octanol–water partition coefficient (Wildman–Crippen LogP) is 3.92. The smallest absolute Gasteiger partial charge is 0.338 e. The minimum Gasteiger partial charge on any atom is -0.478 e. The molecular formula is C21H17F3N2O4S. The van der Waals surface area contributed by atoms with E-state index in [4.69, 9.17) is 5.11 Å². The molecule has 1 aliphatic rings. The molecule has 3 aromatic rings. The summed E-state index contributed by atoms with van der Waals surface area (Å²) in [6, 6.07) is 7.27. The van der Waals surface area contributed by atoms with Crippen LogP contribution in [0.3, 0.4) is 0 Å². The topological polar surface area (TPSA) is 87.6 Å². The van der Waals surface area contributed by atoms with Gasteiger partial charge in [-0.05, 0) is 49.2 Å². The van der Waals surface area contributed by atoms with E-state index in [-0.39, 0.29) is 41.2 Å². The minimum absolute atomic E-state index is 0.0173. The summed E-state index contributed by atoms with van der Waals surface area (Å²) in [6.07, 6.45) is -1.17. The number of carboxylic acids is 1. The summed E-state index contributed by atoms with van der Waals surface area (Å²) in [7, 11) is -4.05. The second-order valence-electron chi connectivity index (χ2n) is 7.34. The lowest BCUT2D eigenvalue weighted by Crippen LogP contribution is -2.29. The first-order valence-electron chi connectivity index (χ1n) is 9.37. The first-order valence-corrected chi connectivity index (χ1v) is 10.8. The average Bonchev–Trinajstić information content (AvgIpc) is 3.15. The summed E-state index contributed by atoms with van der Waals surface area (Å²) in [5.74, 6) is -3.40. The van der Waals surface area contributed by atoms with Crippen LogP contribution in [0.2, 0.25) is 0 Å². The summed E-state index contributed by atoms with van der Waals surface area (Å²) in [4.78, 5) is 15.0. The normalized spacial score (nSPS) is 17.4. The molecule has 2 aromatic carbocycles. The lowest BCUT2D eigenvalue weighted by molar-refractivity contribution is 0.0692. The van der Waals surface area contributed by atoms with Gasteiger partial charge in [-0.25, -0.2) is 31.4 Å². The molecule has 0 saturated carbocycles. The Morgan fingerprint density at radius 1 is 1.19 bits per heavy atom. The first-order chi connectivity index (χ1) is 14.6. The van der Waals surface area contributed by atoms with Crippen molar-refractivity contribution in [3.63, 3.8) is 0 Å². The van der Waals surface area contributed by atoms with Gasteiger partial charge < -0.3 is 5.11 Å². The fourth-order valence-electron chi connectivity index (χ4n) is 3.65. The van der Waals surface area contributed by atoms with Crippen molar-refractivity contribution in [2.24, 2.45) is 0 Å². The maximum absolute atomic E-state index is 14.9. The van der Waals surface area contributed by atoms with Crippen LogP contribution in [0.4, 0.5) is 13.2 Å². The van der Waals surface area contributed by atoms with Crippen LogP contribution in [0.5, 0.6) is 0 Å². The van der Waals surface area contributed by atoms with Crippen LogP contribution in [-0.2, 0) is 10.0 Å². The lowest BCUT2D eigenvalue weighted by Gasteiger charge is -2.16. The summed E-state index contributed by atoms with van der Waals surface area (Å²) >= 11 is 0. The third-order valence-corrected chi connectivity index (χ3v) is 7.17. The van der Waals surface area contributed by atoms with Crippen molar-refractivity contribution in [1.29, 1.82) is 0 Å². The van der Waals surface area contributed by atoms with Gasteiger partial charge in [0, 0.05) is 24.0 Å². The van der Waals surface area contributed by atoms with Gasteiger partial charge in [0.1, 0.15) is 17.5 Å². The molecule has 1 N–H and O–H groups in total. The van der Waals surface area contributed by atoms with Gasteiger partial charge in [-0.1, -0.05) is 6.07 Å². The van der Waals surface area contributed by atoms with Crippen molar-refractivity contribution in [1.82, 2.24) is 9.29 Å². The molecule has 1 aliphatic heterocycles. The third-order valence-electron chi connectivity index (χ3n) is 5.30. The molecule has 31 heavy (non-hydrogen) atoms. The molecule has 1 saturated heterocycles. The highest BCUT2D eigenvalue weighted by molar-refractivity contribution is 7.89. The van der Waals surface area contributed by atoms with Gasteiger partial charge in [0.15, 0.2) is 5.82 Å². The average molecular weight is 450 g/mol. The standard InChI is InChI=1S/C21H17F3N2O4S/c1-11-8-18(25-20-14(11)4-5-16(19(20)24)21(27)28)15-3-2-13(9-17(15)23)31(29,30)26-7-6-12(22)10-26/h2-5,8-9,12H,6-7,10H2,1H3,(H,27,28)/t12-/m0/s1. The molecule has 0 aliphatic carbocycles. The molecule has 0 amide bonds. The van der Waals surface area contributed by atoms with Crippen LogP contribution in [0.1, 0.15) is 22.3 Å². The fourth-order valence-corrected chi connectivity index (χ4v) is 5.14. The molecule has 0 spiro atoms. The summed E-state index contributed by atoms with van der Waals surface area (Å²) < 4.78 is 69.2.